The second-order valence-electron chi connectivity index (χ2n) is 4.50. The maximum atomic E-state index is 6.01. The zero-order valence-corrected chi connectivity index (χ0v) is 10.3. The predicted molar refractivity (Wildman–Crippen MR) is 68.9 cm³/mol. The van der Waals surface area contributed by atoms with Crippen LogP contribution in [0.4, 0.5) is 0 Å². The molecule has 1 aromatic rings. The van der Waals surface area contributed by atoms with Crippen molar-refractivity contribution in [2.75, 3.05) is 26.2 Å². The third kappa shape index (κ3) is 2.97. The molecule has 0 bridgehead atoms. The average Bonchev–Trinajstić information content (AvgIpc) is 2.78. The number of halogens is 1. The maximum Gasteiger partial charge on any atom is 0.0408 e. The van der Waals surface area contributed by atoms with E-state index < -0.39 is 0 Å². The minimum atomic E-state index is 0.414. The summed E-state index contributed by atoms with van der Waals surface area (Å²) in [5, 5.41) is 0.803. The van der Waals surface area contributed by atoms with E-state index in [2.05, 4.69) is 11.0 Å². The summed E-state index contributed by atoms with van der Waals surface area (Å²) in [4.78, 5) is 2.50. The number of likely N-dealkylation sites (tertiary alicyclic amines) is 1. The van der Waals surface area contributed by atoms with Crippen molar-refractivity contribution in [2.45, 2.75) is 18.8 Å². The molecule has 1 fully saturated rings. The third-order valence-electron chi connectivity index (χ3n) is 3.28. The SMILES string of the molecule is NCC(CN1CCCC1)c1cccc(Cl)c1. The Labute approximate surface area is 102 Å². The Kier molecular flexibility index (Phi) is 4.22. The minimum Gasteiger partial charge on any atom is -0.330 e. The number of nitrogens with zero attached hydrogens (tertiary/aromatic N) is 1. The van der Waals surface area contributed by atoms with E-state index in [4.69, 9.17) is 17.3 Å². The first-order valence-electron chi connectivity index (χ1n) is 5.97. The molecule has 88 valence electrons. The summed E-state index contributed by atoms with van der Waals surface area (Å²) in [6, 6.07) is 8.08. The van der Waals surface area contributed by atoms with Gasteiger partial charge < -0.3 is 10.6 Å². The van der Waals surface area contributed by atoms with Crippen LogP contribution < -0.4 is 5.73 Å². The summed E-state index contributed by atoms with van der Waals surface area (Å²) >= 11 is 6.01. The highest BCUT2D eigenvalue weighted by Gasteiger charge is 2.17. The standard InChI is InChI=1S/C13H19ClN2/c14-13-5-3-4-11(8-13)12(9-15)10-16-6-1-2-7-16/h3-5,8,12H,1-2,6-7,9-10,15H2. The molecule has 2 N–H and O–H groups in total. The first-order chi connectivity index (χ1) is 7.79. The average molecular weight is 239 g/mol. The summed E-state index contributed by atoms with van der Waals surface area (Å²) in [6.07, 6.45) is 2.65. The van der Waals surface area contributed by atoms with E-state index in [1.165, 1.54) is 31.5 Å². The van der Waals surface area contributed by atoms with E-state index >= 15 is 0 Å². The third-order valence-corrected chi connectivity index (χ3v) is 3.52. The fraction of sp³-hybridized carbons (Fsp3) is 0.538. The van der Waals surface area contributed by atoms with Gasteiger partial charge in [-0.1, -0.05) is 23.7 Å². The van der Waals surface area contributed by atoms with E-state index in [-0.39, 0.29) is 0 Å². The molecule has 1 aliphatic rings. The Bertz CT molecular complexity index is 334. The Hall–Kier alpha value is -0.570. The topological polar surface area (TPSA) is 29.3 Å². The molecule has 1 heterocycles. The van der Waals surface area contributed by atoms with Gasteiger partial charge in [0.2, 0.25) is 0 Å². The molecule has 0 saturated carbocycles. The van der Waals surface area contributed by atoms with Crippen molar-refractivity contribution < 1.29 is 0 Å². The number of hydrogen-bond acceptors (Lipinski definition) is 2. The van der Waals surface area contributed by atoms with Crippen LogP contribution in [-0.4, -0.2) is 31.1 Å². The fourth-order valence-electron chi connectivity index (χ4n) is 2.35. The lowest BCUT2D eigenvalue weighted by Gasteiger charge is -2.22. The smallest absolute Gasteiger partial charge is 0.0408 e. The molecule has 0 spiro atoms. The van der Waals surface area contributed by atoms with Crippen LogP contribution >= 0.6 is 11.6 Å². The van der Waals surface area contributed by atoms with Crippen molar-refractivity contribution in [3.8, 4) is 0 Å². The van der Waals surface area contributed by atoms with Crippen molar-refractivity contribution in [3.63, 3.8) is 0 Å². The molecule has 0 radical (unpaired) electrons. The Morgan fingerprint density at radius 2 is 2.06 bits per heavy atom. The molecule has 0 aromatic heterocycles. The molecule has 1 atom stereocenters. The van der Waals surface area contributed by atoms with Crippen LogP contribution in [0.1, 0.15) is 24.3 Å². The van der Waals surface area contributed by atoms with Gasteiger partial charge in [-0.3, -0.25) is 0 Å². The van der Waals surface area contributed by atoms with Crippen LogP contribution in [0.25, 0.3) is 0 Å². The minimum absolute atomic E-state index is 0.414. The molecular weight excluding hydrogens is 220 g/mol. The van der Waals surface area contributed by atoms with Gasteiger partial charge in [-0.25, -0.2) is 0 Å². The molecule has 1 aromatic carbocycles. The summed E-state index contributed by atoms with van der Waals surface area (Å²) in [7, 11) is 0. The molecule has 3 heteroatoms. The second-order valence-corrected chi connectivity index (χ2v) is 4.93. The van der Waals surface area contributed by atoms with Gasteiger partial charge in [0.25, 0.3) is 0 Å². The van der Waals surface area contributed by atoms with Gasteiger partial charge >= 0.3 is 0 Å². The summed E-state index contributed by atoms with van der Waals surface area (Å²) in [6.45, 7) is 4.20. The zero-order valence-electron chi connectivity index (χ0n) is 9.53. The van der Waals surface area contributed by atoms with Crippen LogP contribution in [0.3, 0.4) is 0 Å². The van der Waals surface area contributed by atoms with E-state index in [9.17, 15) is 0 Å². The van der Waals surface area contributed by atoms with Gasteiger partial charge in [-0.05, 0) is 43.6 Å². The van der Waals surface area contributed by atoms with Crippen molar-refractivity contribution in [3.05, 3.63) is 34.9 Å². The second kappa shape index (κ2) is 5.67. The first kappa shape index (κ1) is 11.9. The van der Waals surface area contributed by atoms with Crippen molar-refractivity contribution in [2.24, 2.45) is 5.73 Å². The van der Waals surface area contributed by atoms with Crippen LogP contribution in [-0.2, 0) is 0 Å². The summed E-state index contributed by atoms with van der Waals surface area (Å²) in [5.41, 5.74) is 7.13. The van der Waals surface area contributed by atoms with Crippen LogP contribution in [0.15, 0.2) is 24.3 Å². The lowest BCUT2D eigenvalue weighted by molar-refractivity contribution is 0.315. The number of rotatable bonds is 4. The lowest BCUT2D eigenvalue weighted by Crippen LogP contribution is -2.29. The van der Waals surface area contributed by atoms with Gasteiger partial charge in [-0.15, -0.1) is 0 Å². The predicted octanol–water partition coefficient (Wildman–Crippen LogP) is 2.48. The van der Waals surface area contributed by atoms with E-state index in [0.29, 0.717) is 12.5 Å². The van der Waals surface area contributed by atoms with E-state index in [0.717, 1.165) is 11.6 Å². The Balaban J connectivity index is 2.03. The Morgan fingerprint density at radius 1 is 1.31 bits per heavy atom. The van der Waals surface area contributed by atoms with E-state index in [1.807, 2.05) is 18.2 Å². The van der Waals surface area contributed by atoms with Gasteiger partial charge in [0.1, 0.15) is 0 Å². The van der Waals surface area contributed by atoms with Crippen LogP contribution in [0, 0.1) is 0 Å². The quantitative estimate of drug-likeness (QED) is 0.873. The largest absolute Gasteiger partial charge is 0.330 e. The first-order valence-corrected chi connectivity index (χ1v) is 6.35. The summed E-state index contributed by atoms with van der Waals surface area (Å²) in [5.74, 6) is 0.414. The molecular formula is C13H19ClN2. The molecule has 2 rings (SSSR count). The van der Waals surface area contributed by atoms with Gasteiger partial charge in [0.05, 0.1) is 0 Å². The molecule has 1 unspecified atom stereocenters. The zero-order chi connectivity index (χ0) is 11.4. The highest BCUT2D eigenvalue weighted by Crippen LogP contribution is 2.21. The number of nitrogens with two attached hydrogens (primary N) is 1. The highest BCUT2D eigenvalue weighted by molar-refractivity contribution is 6.30. The Morgan fingerprint density at radius 3 is 2.69 bits per heavy atom. The van der Waals surface area contributed by atoms with Crippen molar-refractivity contribution in [1.82, 2.24) is 4.90 Å². The van der Waals surface area contributed by atoms with Gasteiger partial charge in [0, 0.05) is 24.0 Å². The molecule has 16 heavy (non-hydrogen) atoms. The number of benzene rings is 1. The van der Waals surface area contributed by atoms with Gasteiger partial charge in [-0.2, -0.15) is 0 Å². The van der Waals surface area contributed by atoms with Gasteiger partial charge in [0.15, 0.2) is 0 Å². The molecule has 1 aliphatic heterocycles. The number of hydrogen-bond donors (Lipinski definition) is 1. The lowest BCUT2D eigenvalue weighted by atomic mass is 9.99. The van der Waals surface area contributed by atoms with Crippen LogP contribution in [0.2, 0.25) is 5.02 Å². The fourth-order valence-corrected chi connectivity index (χ4v) is 2.55. The molecule has 0 amide bonds. The molecule has 2 nitrogen and oxygen atoms in total. The van der Waals surface area contributed by atoms with E-state index in [1.54, 1.807) is 0 Å². The summed E-state index contributed by atoms with van der Waals surface area (Å²) < 4.78 is 0. The maximum absolute atomic E-state index is 6.01. The van der Waals surface area contributed by atoms with Crippen molar-refractivity contribution in [1.29, 1.82) is 0 Å². The monoisotopic (exact) mass is 238 g/mol. The highest BCUT2D eigenvalue weighted by atomic mass is 35.5. The normalized spacial score (nSPS) is 18.9. The molecule has 1 saturated heterocycles. The molecule has 0 aliphatic carbocycles. The van der Waals surface area contributed by atoms with Crippen LogP contribution in [0.5, 0.6) is 0 Å². The van der Waals surface area contributed by atoms with Crippen molar-refractivity contribution >= 4 is 11.6 Å².